The molecule has 0 aliphatic heterocycles. The van der Waals surface area contributed by atoms with E-state index in [9.17, 15) is 12.8 Å². The molecule has 0 radical (unpaired) electrons. The average Bonchev–Trinajstić information content (AvgIpc) is 2.88. The van der Waals surface area contributed by atoms with Crippen LogP contribution in [0.25, 0.3) is 0 Å². The van der Waals surface area contributed by atoms with Crippen LogP contribution in [0.15, 0.2) is 28.5 Å². The molecule has 2 rings (SSSR count). The third kappa shape index (κ3) is 3.55. The molecule has 0 aliphatic carbocycles. The highest BCUT2D eigenvalue weighted by Gasteiger charge is 2.22. The fraction of sp³-hybridized carbons (Fsp3) is 0.231. The van der Waals surface area contributed by atoms with Crippen LogP contribution in [0, 0.1) is 5.82 Å². The van der Waals surface area contributed by atoms with Crippen LogP contribution >= 0.6 is 22.9 Å². The van der Waals surface area contributed by atoms with Gasteiger partial charge in [-0.05, 0) is 35.6 Å². The van der Waals surface area contributed by atoms with Gasteiger partial charge < -0.3 is 5.73 Å². The third-order valence-corrected chi connectivity index (χ3v) is 5.59. The predicted molar refractivity (Wildman–Crippen MR) is 83.5 cm³/mol. The van der Waals surface area contributed by atoms with Crippen molar-refractivity contribution in [2.24, 2.45) is 0 Å². The second-order valence-corrected chi connectivity index (χ2v) is 7.51. The van der Waals surface area contributed by atoms with E-state index in [1.165, 1.54) is 17.4 Å². The molecule has 0 amide bonds. The summed E-state index contributed by atoms with van der Waals surface area (Å²) in [6.07, 6.45) is 0.805. The SMILES string of the molecule is CCc1ccsc1CNS(=O)(=O)c1cc(N)cc(Cl)c1F. The number of nitrogens with two attached hydrogens (primary N) is 1. The van der Waals surface area contributed by atoms with Gasteiger partial charge in [0.25, 0.3) is 0 Å². The second-order valence-electron chi connectivity index (χ2n) is 4.36. The number of hydrogen-bond donors (Lipinski definition) is 2. The molecule has 0 fully saturated rings. The number of thiophene rings is 1. The maximum absolute atomic E-state index is 13.9. The van der Waals surface area contributed by atoms with Crippen molar-refractivity contribution in [2.75, 3.05) is 5.73 Å². The molecule has 0 saturated carbocycles. The molecular formula is C13H14ClFN2O2S2. The second kappa shape index (κ2) is 6.31. The molecule has 0 saturated heterocycles. The molecule has 114 valence electrons. The first kappa shape index (κ1) is 16.2. The lowest BCUT2D eigenvalue weighted by atomic mass is 10.2. The maximum atomic E-state index is 13.9. The fourth-order valence-electron chi connectivity index (χ4n) is 1.85. The summed E-state index contributed by atoms with van der Waals surface area (Å²) in [7, 11) is -4.02. The topological polar surface area (TPSA) is 72.2 Å². The predicted octanol–water partition coefficient (Wildman–Crippen LogP) is 3.16. The smallest absolute Gasteiger partial charge is 0.243 e. The molecule has 0 spiro atoms. The number of halogens is 2. The lowest BCUT2D eigenvalue weighted by Gasteiger charge is -2.09. The van der Waals surface area contributed by atoms with Crippen molar-refractivity contribution in [2.45, 2.75) is 24.8 Å². The summed E-state index contributed by atoms with van der Waals surface area (Å²) < 4.78 is 40.6. The zero-order chi connectivity index (χ0) is 15.6. The Morgan fingerprint density at radius 2 is 2.14 bits per heavy atom. The van der Waals surface area contributed by atoms with E-state index in [-0.39, 0.29) is 17.3 Å². The van der Waals surface area contributed by atoms with Crippen molar-refractivity contribution in [3.05, 3.63) is 44.9 Å². The Hall–Kier alpha value is -1.15. The van der Waals surface area contributed by atoms with Gasteiger partial charge in [0.2, 0.25) is 10.0 Å². The van der Waals surface area contributed by atoms with Crippen LogP contribution in [0.4, 0.5) is 10.1 Å². The van der Waals surface area contributed by atoms with Crippen molar-refractivity contribution >= 4 is 38.6 Å². The quantitative estimate of drug-likeness (QED) is 0.815. The van der Waals surface area contributed by atoms with Gasteiger partial charge in [0.15, 0.2) is 5.82 Å². The van der Waals surface area contributed by atoms with Crippen LogP contribution in [-0.4, -0.2) is 8.42 Å². The number of aryl methyl sites for hydroxylation is 1. The van der Waals surface area contributed by atoms with E-state index in [0.29, 0.717) is 0 Å². The third-order valence-electron chi connectivity index (χ3n) is 2.95. The summed E-state index contributed by atoms with van der Waals surface area (Å²) in [6.45, 7) is 2.09. The van der Waals surface area contributed by atoms with Gasteiger partial charge in [0.05, 0.1) is 5.02 Å². The maximum Gasteiger partial charge on any atom is 0.243 e. The van der Waals surface area contributed by atoms with Crippen molar-refractivity contribution in [3.63, 3.8) is 0 Å². The Balaban J connectivity index is 2.27. The van der Waals surface area contributed by atoms with Crippen LogP contribution in [0.2, 0.25) is 5.02 Å². The molecule has 0 aliphatic rings. The van der Waals surface area contributed by atoms with E-state index >= 15 is 0 Å². The molecule has 1 heterocycles. The van der Waals surface area contributed by atoms with Gasteiger partial charge in [-0.25, -0.2) is 17.5 Å². The summed E-state index contributed by atoms with van der Waals surface area (Å²) in [5.74, 6) is -1.000. The minimum Gasteiger partial charge on any atom is -0.399 e. The largest absolute Gasteiger partial charge is 0.399 e. The van der Waals surface area contributed by atoms with Gasteiger partial charge in [-0.2, -0.15) is 0 Å². The van der Waals surface area contributed by atoms with Crippen LogP contribution in [0.3, 0.4) is 0 Å². The minimum absolute atomic E-state index is 0.0899. The molecule has 4 nitrogen and oxygen atoms in total. The zero-order valence-electron chi connectivity index (χ0n) is 11.2. The molecule has 3 N–H and O–H groups in total. The fourth-order valence-corrected chi connectivity index (χ4v) is 4.27. The minimum atomic E-state index is -4.02. The number of hydrogen-bond acceptors (Lipinski definition) is 4. The summed E-state index contributed by atoms with van der Waals surface area (Å²) in [6, 6.07) is 4.16. The summed E-state index contributed by atoms with van der Waals surface area (Å²) in [5.41, 5.74) is 6.67. The van der Waals surface area contributed by atoms with E-state index < -0.39 is 20.7 Å². The van der Waals surface area contributed by atoms with Crippen molar-refractivity contribution in [1.82, 2.24) is 4.72 Å². The number of rotatable bonds is 5. The number of anilines is 1. The van der Waals surface area contributed by atoms with E-state index in [2.05, 4.69) is 4.72 Å². The van der Waals surface area contributed by atoms with Crippen molar-refractivity contribution in [1.29, 1.82) is 0 Å². The number of benzene rings is 1. The summed E-state index contributed by atoms with van der Waals surface area (Å²) in [5, 5.41) is 1.57. The van der Waals surface area contributed by atoms with Crippen LogP contribution < -0.4 is 10.5 Å². The van der Waals surface area contributed by atoms with Crippen molar-refractivity contribution in [3.8, 4) is 0 Å². The van der Waals surface area contributed by atoms with Gasteiger partial charge in [0, 0.05) is 17.1 Å². The standard InChI is InChI=1S/C13H14ClFN2O2S2/c1-2-8-3-4-20-11(8)7-17-21(18,19)12-6-9(16)5-10(14)13(12)15/h3-6,17H,2,7,16H2,1H3. The van der Waals surface area contributed by atoms with Gasteiger partial charge >= 0.3 is 0 Å². The summed E-state index contributed by atoms with van der Waals surface area (Å²) in [4.78, 5) is 0.360. The molecule has 2 aromatic rings. The molecule has 0 bridgehead atoms. The highest BCUT2D eigenvalue weighted by Crippen LogP contribution is 2.26. The first-order chi connectivity index (χ1) is 9.85. The van der Waals surface area contributed by atoms with Gasteiger partial charge in [-0.15, -0.1) is 11.3 Å². The molecule has 1 aromatic carbocycles. The number of sulfonamides is 1. The van der Waals surface area contributed by atoms with Crippen LogP contribution in [-0.2, 0) is 23.0 Å². The Kier molecular flexibility index (Phi) is 4.88. The zero-order valence-corrected chi connectivity index (χ0v) is 13.6. The number of nitrogen functional groups attached to an aromatic ring is 1. The molecule has 1 aromatic heterocycles. The van der Waals surface area contributed by atoms with E-state index in [1.54, 1.807) is 0 Å². The Morgan fingerprint density at radius 1 is 1.43 bits per heavy atom. The normalized spacial score (nSPS) is 11.8. The van der Waals surface area contributed by atoms with E-state index in [0.717, 1.165) is 22.9 Å². The van der Waals surface area contributed by atoms with Crippen molar-refractivity contribution < 1.29 is 12.8 Å². The number of nitrogens with one attached hydrogen (secondary N) is 1. The average molecular weight is 349 g/mol. The molecule has 8 heteroatoms. The van der Waals surface area contributed by atoms with Gasteiger partial charge in [-0.3, -0.25) is 0 Å². The van der Waals surface area contributed by atoms with Gasteiger partial charge in [0.1, 0.15) is 4.90 Å². The van der Waals surface area contributed by atoms with Crippen LogP contribution in [0.5, 0.6) is 0 Å². The molecule has 0 atom stereocenters. The Labute approximate surface area is 131 Å². The summed E-state index contributed by atoms with van der Waals surface area (Å²) >= 11 is 7.08. The first-order valence-electron chi connectivity index (χ1n) is 6.14. The van der Waals surface area contributed by atoms with Gasteiger partial charge in [-0.1, -0.05) is 18.5 Å². The Morgan fingerprint density at radius 3 is 2.81 bits per heavy atom. The lowest BCUT2D eigenvalue weighted by molar-refractivity contribution is 0.557. The lowest BCUT2D eigenvalue weighted by Crippen LogP contribution is -2.24. The highest BCUT2D eigenvalue weighted by atomic mass is 35.5. The molecule has 21 heavy (non-hydrogen) atoms. The molecule has 0 unspecified atom stereocenters. The monoisotopic (exact) mass is 348 g/mol. The molecular weight excluding hydrogens is 335 g/mol. The highest BCUT2D eigenvalue weighted by molar-refractivity contribution is 7.89. The van der Waals surface area contributed by atoms with E-state index in [1.807, 2.05) is 18.4 Å². The van der Waals surface area contributed by atoms with Crippen LogP contribution in [0.1, 0.15) is 17.4 Å². The first-order valence-corrected chi connectivity index (χ1v) is 8.88. The Bertz CT molecular complexity index is 760. The van der Waals surface area contributed by atoms with E-state index in [4.69, 9.17) is 17.3 Å².